The van der Waals surface area contributed by atoms with Crippen LogP contribution in [0.3, 0.4) is 0 Å². The number of nitrogens with zero attached hydrogens (tertiary/aromatic N) is 5. The van der Waals surface area contributed by atoms with Crippen LogP contribution < -0.4 is 10.2 Å². The Morgan fingerprint density at radius 1 is 1.15 bits per heavy atom. The molecule has 7 nitrogen and oxygen atoms in total. The molecule has 0 spiro atoms. The summed E-state index contributed by atoms with van der Waals surface area (Å²) in [6, 6.07) is 3.64. The zero-order valence-electron chi connectivity index (χ0n) is 17.2. The van der Waals surface area contributed by atoms with Gasteiger partial charge in [-0.15, -0.1) is 0 Å². The highest BCUT2D eigenvalue weighted by Gasteiger charge is 2.31. The summed E-state index contributed by atoms with van der Waals surface area (Å²) >= 11 is 0. The number of hydrogen-bond acceptors (Lipinski definition) is 5. The molecule has 0 aliphatic carbocycles. The molecule has 1 saturated heterocycles. The van der Waals surface area contributed by atoms with Crippen molar-refractivity contribution in [1.82, 2.24) is 19.7 Å². The van der Waals surface area contributed by atoms with Gasteiger partial charge in [-0.1, -0.05) is 27.7 Å². The molecule has 1 unspecified atom stereocenters. The highest BCUT2D eigenvalue weighted by molar-refractivity contribution is 5.98. The molecule has 0 bridgehead atoms. The van der Waals surface area contributed by atoms with Crippen molar-refractivity contribution in [2.24, 2.45) is 7.05 Å². The van der Waals surface area contributed by atoms with Gasteiger partial charge in [0.2, 0.25) is 0 Å². The van der Waals surface area contributed by atoms with Gasteiger partial charge in [0.05, 0.1) is 5.69 Å². The lowest BCUT2D eigenvalue weighted by atomic mass is 10.0. The van der Waals surface area contributed by atoms with Gasteiger partial charge in [-0.25, -0.2) is 9.97 Å². The van der Waals surface area contributed by atoms with Gasteiger partial charge in [-0.05, 0) is 25.7 Å². The number of nitrogens with one attached hydrogen (secondary N) is 1. The zero-order valence-corrected chi connectivity index (χ0v) is 17.2. The summed E-state index contributed by atoms with van der Waals surface area (Å²) in [7, 11) is 1.88. The number of piperidine rings is 1. The van der Waals surface area contributed by atoms with Crippen LogP contribution in [0.25, 0.3) is 0 Å². The molecule has 1 amide bonds. The predicted octanol–water partition coefficient (Wildman–Crippen LogP) is 3.37. The highest BCUT2D eigenvalue weighted by Crippen LogP contribution is 2.25. The summed E-state index contributed by atoms with van der Waals surface area (Å²) < 4.78 is 1.77. The summed E-state index contributed by atoms with van der Waals surface area (Å²) in [5.74, 6) is 3.00. The summed E-state index contributed by atoms with van der Waals surface area (Å²) in [6.45, 7) is 11.1. The molecule has 0 saturated carbocycles. The van der Waals surface area contributed by atoms with Crippen molar-refractivity contribution in [2.45, 2.75) is 65.3 Å². The molecule has 2 aromatic heterocycles. The van der Waals surface area contributed by atoms with Crippen LogP contribution in [0.15, 0.2) is 12.1 Å². The lowest BCUT2D eigenvalue weighted by Gasteiger charge is -2.32. The van der Waals surface area contributed by atoms with E-state index in [-0.39, 0.29) is 17.9 Å². The van der Waals surface area contributed by atoms with Gasteiger partial charge in [0.15, 0.2) is 0 Å². The van der Waals surface area contributed by atoms with E-state index in [0.717, 1.165) is 41.7 Å². The normalized spacial score (nSPS) is 17.9. The van der Waals surface area contributed by atoms with Crippen LogP contribution in [0.2, 0.25) is 0 Å². The number of aryl methyl sites for hydroxylation is 2. The first-order valence-electron chi connectivity index (χ1n) is 9.73. The zero-order chi connectivity index (χ0) is 19.7. The molecule has 146 valence electrons. The predicted molar refractivity (Wildman–Crippen MR) is 107 cm³/mol. The fourth-order valence-electron chi connectivity index (χ4n) is 3.38. The third-order valence-electron chi connectivity index (χ3n) is 4.89. The second kappa shape index (κ2) is 7.66. The molecule has 1 aliphatic rings. The minimum absolute atomic E-state index is 0.0695. The Bertz CT molecular complexity index is 800. The first-order valence-corrected chi connectivity index (χ1v) is 9.73. The van der Waals surface area contributed by atoms with Crippen LogP contribution in [0.5, 0.6) is 0 Å². The molecule has 1 N–H and O–H groups in total. The molecule has 2 aromatic rings. The minimum atomic E-state index is -0.288. The SMILES string of the molecule is Cc1cc(N2CCCC(Nc3cc(C(C)C)nc(C(C)C)n3)C2=O)n(C)n1. The van der Waals surface area contributed by atoms with Crippen LogP contribution in [0, 0.1) is 6.92 Å². The topological polar surface area (TPSA) is 75.9 Å². The van der Waals surface area contributed by atoms with E-state index in [0.29, 0.717) is 12.5 Å². The summed E-state index contributed by atoms with van der Waals surface area (Å²) in [4.78, 5) is 24.3. The number of carbonyl (C=O) groups is 1. The summed E-state index contributed by atoms with van der Waals surface area (Å²) in [5, 5.41) is 7.75. The monoisotopic (exact) mass is 370 g/mol. The number of rotatable bonds is 5. The maximum Gasteiger partial charge on any atom is 0.250 e. The Morgan fingerprint density at radius 2 is 1.89 bits per heavy atom. The smallest absolute Gasteiger partial charge is 0.250 e. The van der Waals surface area contributed by atoms with Gasteiger partial charge in [0.1, 0.15) is 23.5 Å². The van der Waals surface area contributed by atoms with Crippen LogP contribution in [-0.4, -0.2) is 38.2 Å². The van der Waals surface area contributed by atoms with Crippen LogP contribution >= 0.6 is 0 Å². The van der Waals surface area contributed by atoms with E-state index in [2.05, 4.69) is 48.1 Å². The Kier molecular flexibility index (Phi) is 5.48. The van der Waals surface area contributed by atoms with Crippen molar-refractivity contribution < 1.29 is 4.79 Å². The van der Waals surface area contributed by atoms with Gasteiger partial charge in [-0.3, -0.25) is 14.4 Å². The van der Waals surface area contributed by atoms with Gasteiger partial charge >= 0.3 is 0 Å². The van der Waals surface area contributed by atoms with E-state index in [1.165, 1.54) is 0 Å². The maximum atomic E-state index is 13.1. The van der Waals surface area contributed by atoms with E-state index >= 15 is 0 Å². The van der Waals surface area contributed by atoms with Crippen molar-refractivity contribution >= 4 is 17.5 Å². The lowest BCUT2D eigenvalue weighted by molar-refractivity contribution is -0.120. The molecule has 1 aliphatic heterocycles. The third-order valence-corrected chi connectivity index (χ3v) is 4.89. The number of anilines is 2. The Morgan fingerprint density at radius 3 is 2.48 bits per heavy atom. The average Bonchev–Trinajstić information content (AvgIpc) is 2.94. The second-order valence-electron chi connectivity index (χ2n) is 7.94. The fourth-order valence-corrected chi connectivity index (χ4v) is 3.38. The van der Waals surface area contributed by atoms with Crippen LogP contribution in [0.4, 0.5) is 11.6 Å². The molecule has 1 atom stereocenters. The number of amides is 1. The van der Waals surface area contributed by atoms with Gasteiger partial charge in [0.25, 0.3) is 5.91 Å². The molecular formula is C20H30N6O. The van der Waals surface area contributed by atoms with Crippen LogP contribution in [0.1, 0.15) is 69.6 Å². The molecule has 3 heterocycles. The van der Waals surface area contributed by atoms with Gasteiger partial charge in [-0.2, -0.15) is 5.10 Å². The molecule has 0 radical (unpaired) electrons. The third kappa shape index (κ3) is 4.12. The maximum absolute atomic E-state index is 13.1. The first-order chi connectivity index (χ1) is 12.8. The number of aromatic nitrogens is 4. The van der Waals surface area contributed by atoms with E-state index in [9.17, 15) is 4.79 Å². The van der Waals surface area contributed by atoms with Crippen molar-refractivity contribution in [1.29, 1.82) is 0 Å². The van der Waals surface area contributed by atoms with Crippen LogP contribution in [-0.2, 0) is 11.8 Å². The largest absolute Gasteiger partial charge is 0.358 e. The Hall–Kier alpha value is -2.44. The summed E-state index contributed by atoms with van der Waals surface area (Å²) in [6.07, 6.45) is 1.73. The molecule has 1 fully saturated rings. The second-order valence-corrected chi connectivity index (χ2v) is 7.94. The Balaban J connectivity index is 1.84. The van der Waals surface area contributed by atoms with Crippen molar-refractivity contribution in [3.8, 4) is 0 Å². The van der Waals surface area contributed by atoms with Crippen molar-refractivity contribution in [3.05, 3.63) is 29.3 Å². The van der Waals surface area contributed by atoms with Gasteiger partial charge < -0.3 is 5.32 Å². The number of hydrogen-bond donors (Lipinski definition) is 1. The minimum Gasteiger partial charge on any atom is -0.358 e. The van der Waals surface area contributed by atoms with Crippen molar-refractivity contribution in [2.75, 3.05) is 16.8 Å². The summed E-state index contributed by atoms with van der Waals surface area (Å²) in [5.41, 5.74) is 1.91. The van der Waals surface area contributed by atoms with Gasteiger partial charge in [0, 0.05) is 37.3 Å². The fraction of sp³-hybridized carbons (Fsp3) is 0.600. The Labute approximate surface area is 161 Å². The molecular weight excluding hydrogens is 340 g/mol. The first kappa shape index (κ1) is 19.3. The van der Waals surface area contributed by atoms with E-state index < -0.39 is 0 Å². The van der Waals surface area contributed by atoms with E-state index in [4.69, 9.17) is 0 Å². The average molecular weight is 371 g/mol. The quantitative estimate of drug-likeness (QED) is 0.873. The van der Waals surface area contributed by atoms with Crippen molar-refractivity contribution in [3.63, 3.8) is 0 Å². The highest BCUT2D eigenvalue weighted by atomic mass is 16.2. The van der Waals surface area contributed by atoms with E-state index in [1.807, 2.05) is 31.0 Å². The molecule has 7 heteroatoms. The van der Waals surface area contributed by atoms with E-state index in [1.54, 1.807) is 4.68 Å². The molecule has 27 heavy (non-hydrogen) atoms. The number of carbonyl (C=O) groups excluding carboxylic acids is 1. The molecule has 3 rings (SSSR count). The molecule has 0 aromatic carbocycles. The standard InChI is InChI=1S/C20H30N6O/c1-12(2)16-11-17(23-19(22-16)13(3)4)21-15-8-7-9-26(20(15)27)18-10-14(5)24-25(18)6/h10-13,15H,7-9H2,1-6H3,(H,21,22,23). The lowest BCUT2D eigenvalue weighted by Crippen LogP contribution is -2.48.